The minimum Gasteiger partial charge on any atom is -0.488 e. The molecule has 0 radical (unpaired) electrons. The molecular weight excluding hydrogens is 238 g/mol. The molecule has 100 valence electrons. The van der Waals surface area contributed by atoms with Gasteiger partial charge in [0.1, 0.15) is 12.4 Å². The molecule has 0 saturated carbocycles. The molecule has 2 aliphatic carbocycles. The third kappa shape index (κ3) is 2.43. The van der Waals surface area contributed by atoms with Crippen molar-refractivity contribution in [2.24, 2.45) is 16.8 Å². The fourth-order valence-electron chi connectivity index (χ4n) is 2.49. The molecule has 0 bridgehead atoms. The summed E-state index contributed by atoms with van der Waals surface area (Å²) < 4.78 is 5.91. The van der Waals surface area contributed by atoms with Crippen molar-refractivity contribution < 1.29 is 4.74 Å². The maximum atomic E-state index is 5.91. The van der Waals surface area contributed by atoms with Gasteiger partial charge in [0.2, 0.25) is 0 Å². The van der Waals surface area contributed by atoms with E-state index >= 15 is 0 Å². The monoisotopic (exact) mass is 257 g/mol. The number of nitrogens with zero attached hydrogens (tertiary/aromatic N) is 1. The Hall–Kier alpha value is -1.97. The summed E-state index contributed by atoms with van der Waals surface area (Å²) in [5.41, 5.74) is 11.1. The number of allylic oxidation sites excluding steroid dienone is 3. The molecule has 0 saturated heterocycles. The van der Waals surface area contributed by atoms with Crippen LogP contribution in [0, 0.1) is 5.92 Å². The topological polar surface area (TPSA) is 59.6 Å². The zero-order chi connectivity index (χ0) is 13.2. The molecular formula is C15H19N3O. The molecule has 3 N–H and O–H groups in total. The third-order valence-electron chi connectivity index (χ3n) is 3.66. The minimum atomic E-state index is 0.177. The Morgan fingerprint density at radius 2 is 2.32 bits per heavy atom. The van der Waals surface area contributed by atoms with Crippen LogP contribution in [0.3, 0.4) is 0 Å². The van der Waals surface area contributed by atoms with Crippen LogP contribution in [0.2, 0.25) is 0 Å². The number of fused-ring (bicyclic) bond motifs is 1. The number of ether oxygens (including phenoxy) is 1. The second-order valence-corrected chi connectivity index (χ2v) is 5.23. The van der Waals surface area contributed by atoms with E-state index in [0.717, 1.165) is 24.2 Å². The van der Waals surface area contributed by atoms with Gasteiger partial charge in [-0.25, -0.2) is 0 Å². The summed E-state index contributed by atoms with van der Waals surface area (Å²) in [6, 6.07) is 0.177. The molecule has 4 heteroatoms. The maximum Gasteiger partial charge on any atom is 0.152 e. The Bertz CT molecular complexity index is 526. The number of hydrogen-bond acceptors (Lipinski definition) is 4. The molecule has 2 unspecified atom stereocenters. The van der Waals surface area contributed by atoms with Gasteiger partial charge in [0.15, 0.2) is 5.84 Å². The average molecular weight is 257 g/mol. The van der Waals surface area contributed by atoms with Gasteiger partial charge in [0.25, 0.3) is 0 Å². The predicted molar refractivity (Wildman–Crippen MR) is 76.3 cm³/mol. The SMILES string of the molecule is CC1C=CC(COC2=C3C(N)=NNC3CC=C2)=CC1. The Balaban J connectivity index is 1.70. The lowest BCUT2D eigenvalue weighted by Gasteiger charge is -2.19. The van der Waals surface area contributed by atoms with Crippen molar-refractivity contribution in [3.8, 4) is 0 Å². The number of hydrogen-bond donors (Lipinski definition) is 2. The molecule has 0 aromatic carbocycles. The predicted octanol–water partition coefficient (Wildman–Crippen LogP) is 1.98. The Kier molecular flexibility index (Phi) is 3.15. The molecule has 0 aromatic heterocycles. The summed E-state index contributed by atoms with van der Waals surface area (Å²) in [5.74, 6) is 2.02. The van der Waals surface area contributed by atoms with Crippen molar-refractivity contribution in [1.82, 2.24) is 5.43 Å². The van der Waals surface area contributed by atoms with Gasteiger partial charge in [-0.2, -0.15) is 5.10 Å². The molecule has 4 nitrogen and oxygen atoms in total. The summed E-state index contributed by atoms with van der Waals surface area (Å²) in [4.78, 5) is 0. The smallest absolute Gasteiger partial charge is 0.152 e. The lowest BCUT2D eigenvalue weighted by molar-refractivity contribution is 0.249. The first-order valence-electron chi connectivity index (χ1n) is 6.74. The molecule has 0 aromatic rings. The molecule has 2 atom stereocenters. The summed E-state index contributed by atoms with van der Waals surface area (Å²) in [6.45, 7) is 2.80. The van der Waals surface area contributed by atoms with E-state index in [1.165, 1.54) is 5.57 Å². The van der Waals surface area contributed by atoms with E-state index < -0.39 is 0 Å². The zero-order valence-corrected chi connectivity index (χ0v) is 11.1. The van der Waals surface area contributed by atoms with Crippen LogP contribution >= 0.6 is 0 Å². The molecule has 1 heterocycles. The highest BCUT2D eigenvalue weighted by atomic mass is 16.5. The summed E-state index contributed by atoms with van der Waals surface area (Å²) in [6.07, 6.45) is 12.7. The summed E-state index contributed by atoms with van der Waals surface area (Å²) in [5, 5.41) is 4.07. The molecule has 0 amide bonds. The average Bonchev–Trinajstić information content (AvgIpc) is 2.81. The molecule has 1 aliphatic heterocycles. The fourth-order valence-corrected chi connectivity index (χ4v) is 2.49. The van der Waals surface area contributed by atoms with Crippen molar-refractivity contribution in [1.29, 1.82) is 0 Å². The first-order valence-corrected chi connectivity index (χ1v) is 6.74. The van der Waals surface area contributed by atoms with Crippen LogP contribution in [-0.2, 0) is 4.74 Å². The van der Waals surface area contributed by atoms with E-state index in [4.69, 9.17) is 10.5 Å². The highest BCUT2D eigenvalue weighted by Crippen LogP contribution is 2.25. The quantitative estimate of drug-likeness (QED) is 0.812. The molecule has 0 fully saturated rings. The Morgan fingerprint density at radius 1 is 1.42 bits per heavy atom. The third-order valence-corrected chi connectivity index (χ3v) is 3.66. The highest BCUT2D eigenvalue weighted by Gasteiger charge is 2.28. The van der Waals surface area contributed by atoms with E-state index in [2.05, 4.69) is 41.8 Å². The standard InChI is InChI=1S/C15H19N3O/c1-10-5-7-11(8-6-10)9-19-13-4-2-3-12-14(13)15(16)18-17-12/h2,4-5,7-8,10,12,17H,3,6,9H2,1H3,(H2,16,18). The normalized spacial score (nSPS) is 28.7. The lowest BCUT2D eigenvalue weighted by atomic mass is 9.97. The van der Waals surface area contributed by atoms with Crippen molar-refractivity contribution in [2.45, 2.75) is 25.8 Å². The first kappa shape index (κ1) is 12.1. The largest absolute Gasteiger partial charge is 0.488 e. The van der Waals surface area contributed by atoms with Crippen LogP contribution in [0.1, 0.15) is 19.8 Å². The van der Waals surface area contributed by atoms with Crippen molar-refractivity contribution in [2.75, 3.05) is 6.61 Å². The first-order chi connectivity index (χ1) is 9.24. The van der Waals surface area contributed by atoms with Gasteiger partial charge >= 0.3 is 0 Å². The fraction of sp³-hybridized carbons (Fsp3) is 0.400. The van der Waals surface area contributed by atoms with Gasteiger partial charge in [0, 0.05) is 0 Å². The van der Waals surface area contributed by atoms with E-state index in [0.29, 0.717) is 18.4 Å². The van der Waals surface area contributed by atoms with Crippen LogP contribution in [-0.4, -0.2) is 18.5 Å². The Labute approximate surface area is 113 Å². The van der Waals surface area contributed by atoms with Gasteiger partial charge < -0.3 is 10.5 Å². The summed E-state index contributed by atoms with van der Waals surface area (Å²) >= 11 is 0. The van der Waals surface area contributed by atoms with E-state index in [1.54, 1.807) is 0 Å². The highest BCUT2D eigenvalue weighted by molar-refractivity contribution is 6.00. The molecule has 19 heavy (non-hydrogen) atoms. The van der Waals surface area contributed by atoms with Gasteiger partial charge in [-0.3, -0.25) is 5.43 Å². The number of amidine groups is 1. The van der Waals surface area contributed by atoms with Crippen molar-refractivity contribution in [3.05, 3.63) is 47.3 Å². The lowest BCUT2D eigenvalue weighted by Crippen LogP contribution is -2.27. The summed E-state index contributed by atoms with van der Waals surface area (Å²) in [7, 11) is 0. The van der Waals surface area contributed by atoms with Gasteiger partial charge in [0.05, 0.1) is 11.6 Å². The van der Waals surface area contributed by atoms with Gasteiger partial charge in [-0.15, -0.1) is 0 Å². The number of nitrogens with one attached hydrogen (secondary N) is 1. The minimum absolute atomic E-state index is 0.177. The van der Waals surface area contributed by atoms with Crippen LogP contribution in [0.4, 0.5) is 0 Å². The van der Waals surface area contributed by atoms with Gasteiger partial charge in [-0.05, 0) is 30.4 Å². The van der Waals surface area contributed by atoms with Crippen molar-refractivity contribution >= 4 is 5.84 Å². The Morgan fingerprint density at radius 3 is 3.11 bits per heavy atom. The number of rotatable bonds is 3. The second kappa shape index (κ2) is 4.96. The molecule has 3 aliphatic rings. The van der Waals surface area contributed by atoms with Crippen LogP contribution in [0.15, 0.2) is 52.4 Å². The van der Waals surface area contributed by atoms with Crippen LogP contribution in [0.25, 0.3) is 0 Å². The zero-order valence-electron chi connectivity index (χ0n) is 11.1. The molecule has 0 spiro atoms. The van der Waals surface area contributed by atoms with E-state index in [-0.39, 0.29) is 6.04 Å². The molecule has 3 rings (SSSR count). The van der Waals surface area contributed by atoms with E-state index in [1.807, 2.05) is 6.08 Å². The number of hydrazone groups is 1. The van der Waals surface area contributed by atoms with Crippen molar-refractivity contribution in [3.63, 3.8) is 0 Å². The second-order valence-electron chi connectivity index (χ2n) is 5.23. The number of nitrogens with two attached hydrogens (primary N) is 1. The van der Waals surface area contributed by atoms with E-state index in [9.17, 15) is 0 Å². The van der Waals surface area contributed by atoms with Crippen LogP contribution < -0.4 is 11.2 Å². The maximum absolute atomic E-state index is 5.91. The van der Waals surface area contributed by atoms with Crippen LogP contribution in [0.5, 0.6) is 0 Å². The van der Waals surface area contributed by atoms with Gasteiger partial charge in [-0.1, -0.05) is 31.2 Å².